The van der Waals surface area contributed by atoms with E-state index in [1.165, 1.54) is 11.8 Å². The summed E-state index contributed by atoms with van der Waals surface area (Å²) in [5.41, 5.74) is 7.20. The highest BCUT2D eigenvalue weighted by Gasteiger charge is 2.40. The molecule has 0 radical (unpaired) electrons. The summed E-state index contributed by atoms with van der Waals surface area (Å²) in [7, 11) is 1.76. The monoisotopic (exact) mass is 874 g/mol. The van der Waals surface area contributed by atoms with E-state index in [9.17, 15) is 33.4 Å². The number of hydrogen-bond acceptors (Lipinski definition) is 10. The van der Waals surface area contributed by atoms with Gasteiger partial charge in [-0.15, -0.1) is 0 Å². The van der Waals surface area contributed by atoms with Gasteiger partial charge in [-0.2, -0.15) is 5.10 Å². The Kier molecular flexibility index (Phi) is 12.0. The molecule has 9 rings (SSSR count). The number of carbonyl (C=O) groups is 4. The summed E-state index contributed by atoms with van der Waals surface area (Å²) in [6.45, 7) is 5.74. The molecule has 5 aliphatic rings. The predicted octanol–water partition coefficient (Wildman–Crippen LogP) is 5.25. The Morgan fingerprint density at radius 2 is 1.81 bits per heavy atom. The first-order chi connectivity index (χ1) is 30.9. The first kappa shape index (κ1) is 42.8. The number of benzene rings is 2. The zero-order chi connectivity index (χ0) is 44.6. The van der Waals surface area contributed by atoms with Crippen molar-refractivity contribution in [1.82, 2.24) is 40.1 Å². The number of halogens is 2. The largest absolute Gasteiger partial charge is 0.487 e. The summed E-state index contributed by atoms with van der Waals surface area (Å²) in [6, 6.07) is 12.1. The van der Waals surface area contributed by atoms with Crippen LogP contribution < -0.4 is 20.3 Å². The molecule has 3 N–H and O–H groups in total. The first-order valence-electron chi connectivity index (χ1n) is 22.0. The van der Waals surface area contributed by atoms with Crippen LogP contribution in [0.25, 0.3) is 11.1 Å². The van der Waals surface area contributed by atoms with Crippen molar-refractivity contribution in [2.24, 2.45) is 7.05 Å². The molecule has 2 fully saturated rings. The number of fused-ring (bicyclic) bond motifs is 2. The summed E-state index contributed by atoms with van der Waals surface area (Å²) in [4.78, 5) is 62.2. The second-order valence-electron chi connectivity index (χ2n) is 17.3. The summed E-state index contributed by atoms with van der Waals surface area (Å²) in [5, 5.41) is 19.9. The van der Waals surface area contributed by atoms with E-state index < -0.39 is 18.4 Å². The quantitative estimate of drug-likeness (QED) is 0.103. The minimum Gasteiger partial charge on any atom is -0.487 e. The number of rotatable bonds is 11. The number of aromatic nitrogens is 3. The first-order valence-corrected chi connectivity index (χ1v) is 22.0. The van der Waals surface area contributed by atoms with Crippen LogP contribution in [0.5, 0.6) is 5.75 Å². The molecule has 5 aliphatic heterocycles. The number of amidine groups is 1. The lowest BCUT2D eigenvalue weighted by Crippen LogP contribution is -2.52. The molecule has 2 aromatic carbocycles. The number of hydrogen-bond donors (Lipinski definition) is 3. The maximum atomic E-state index is 14.6. The number of alkyl halides is 2. The van der Waals surface area contributed by atoms with Gasteiger partial charge in [-0.1, -0.05) is 12.1 Å². The number of nitrogens with zero attached hydrogens (tertiary/aromatic N) is 7. The molecule has 0 bridgehead atoms. The molecule has 1 atom stereocenters. The van der Waals surface area contributed by atoms with E-state index in [0.717, 1.165) is 67.0 Å². The fourth-order valence-electron chi connectivity index (χ4n) is 9.66. The second kappa shape index (κ2) is 17.9. The van der Waals surface area contributed by atoms with Crippen molar-refractivity contribution < 1.29 is 32.7 Å². The van der Waals surface area contributed by atoms with Crippen molar-refractivity contribution in [1.29, 1.82) is 5.41 Å². The Hall–Kier alpha value is -6.49. The number of piperidine rings is 2. The Morgan fingerprint density at radius 1 is 0.984 bits per heavy atom. The highest BCUT2D eigenvalue weighted by molar-refractivity contribution is 6.10. The topological polar surface area (TPSA) is 169 Å². The SMILES string of the molecule is CC(=O)N1CCC(NC2CCN(Cc3ccc(COc4cccc5c4CN(C4CCC(=O)NC4=O)C5=O)nc3)CC2)=C(C(=N)N2CCCc3cc(-c4cnn(C)c4)c(C(F)F)cc32)C1. The van der Waals surface area contributed by atoms with E-state index in [1.807, 2.05) is 35.4 Å². The lowest BCUT2D eigenvalue weighted by molar-refractivity contribution is -0.137. The third-order valence-electron chi connectivity index (χ3n) is 13.1. The second-order valence-corrected chi connectivity index (χ2v) is 17.3. The van der Waals surface area contributed by atoms with Gasteiger partial charge in [-0.25, -0.2) is 8.78 Å². The molecule has 4 amide bonds. The molecule has 15 nitrogen and oxygen atoms in total. The average Bonchev–Trinajstić information content (AvgIpc) is 3.88. The maximum absolute atomic E-state index is 14.6. The van der Waals surface area contributed by atoms with E-state index in [4.69, 9.17) is 4.74 Å². The predicted molar refractivity (Wildman–Crippen MR) is 233 cm³/mol. The molecule has 64 heavy (non-hydrogen) atoms. The van der Waals surface area contributed by atoms with Crippen molar-refractivity contribution in [3.05, 3.63) is 106 Å². The highest BCUT2D eigenvalue weighted by Crippen LogP contribution is 2.40. The van der Waals surface area contributed by atoms with Gasteiger partial charge in [0.05, 0.1) is 25.0 Å². The Bertz CT molecular complexity index is 2530. The molecule has 334 valence electrons. The lowest BCUT2D eigenvalue weighted by atomic mass is 9.92. The van der Waals surface area contributed by atoms with Gasteiger partial charge in [0.25, 0.3) is 12.3 Å². The van der Waals surface area contributed by atoms with E-state index in [1.54, 1.807) is 47.2 Å². The number of ether oxygens (including phenoxy) is 1. The van der Waals surface area contributed by atoms with E-state index in [0.29, 0.717) is 66.0 Å². The minimum atomic E-state index is -2.71. The van der Waals surface area contributed by atoms with Crippen LogP contribution >= 0.6 is 0 Å². The van der Waals surface area contributed by atoms with Crippen LogP contribution in [0.1, 0.15) is 90.2 Å². The van der Waals surface area contributed by atoms with Crippen molar-refractivity contribution in [3.63, 3.8) is 0 Å². The lowest BCUT2D eigenvalue weighted by Gasteiger charge is -2.39. The summed E-state index contributed by atoms with van der Waals surface area (Å²) in [6.07, 6.45) is 6.79. The number of imide groups is 1. The number of anilines is 1. The number of aryl methyl sites for hydroxylation is 2. The summed E-state index contributed by atoms with van der Waals surface area (Å²) >= 11 is 0. The number of amides is 4. The fraction of sp³-hybridized carbons (Fsp3) is 0.426. The molecule has 0 aliphatic carbocycles. The maximum Gasteiger partial charge on any atom is 0.264 e. The van der Waals surface area contributed by atoms with Crippen LogP contribution in [0.2, 0.25) is 0 Å². The van der Waals surface area contributed by atoms with Crippen LogP contribution in [0, 0.1) is 5.41 Å². The summed E-state index contributed by atoms with van der Waals surface area (Å²) < 4.78 is 37.0. The molecule has 17 heteroatoms. The van der Waals surface area contributed by atoms with E-state index in [2.05, 4.69) is 25.6 Å². The van der Waals surface area contributed by atoms with E-state index >= 15 is 0 Å². The summed E-state index contributed by atoms with van der Waals surface area (Å²) in [5.74, 6) is -0.297. The van der Waals surface area contributed by atoms with Crippen molar-refractivity contribution >= 4 is 35.2 Å². The zero-order valence-corrected chi connectivity index (χ0v) is 36.0. The number of carbonyl (C=O) groups excluding carboxylic acids is 4. The standard InChI is InChI=1S/C47H52F2N10O5/c1-28(60)57-18-14-39(38(25-57)45(50)58-15-4-5-30-19-35(31-22-52-55(2)24-31)36(44(48)49)20-41(30)58)53-32-12-16-56(17-13-32)23-29-8-9-33(51-21-29)27-64-42-7-3-6-34-37(42)26-59(47(34)63)40-10-11-43(61)54-46(40)62/h3,6-9,19-22,24,32,40,44,50,53H,4-5,10-18,23,25-27H2,1-2H3,(H,54,61,62). The van der Waals surface area contributed by atoms with Crippen LogP contribution in [-0.4, -0.2) is 104 Å². The van der Waals surface area contributed by atoms with Crippen molar-refractivity contribution in [2.45, 2.75) is 90.1 Å². The molecular weight excluding hydrogens is 823 g/mol. The molecular formula is C47H52F2N10O5. The molecule has 0 saturated carbocycles. The minimum absolute atomic E-state index is 0.0648. The number of likely N-dealkylation sites (tertiary alicyclic amines) is 1. The van der Waals surface area contributed by atoms with Crippen LogP contribution in [0.3, 0.4) is 0 Å². The van der Waals surface area contributed by atoms with Crippen molar-refractivity contribution in [2.75, 3.05) is 37.6 Å². The Labute approximate surface area is 369 Å². The van der Waals surface area contributed by atoms with Crippen molar-refractivity contribution in [3.8, 4) is 16.9 Å². The normalized spacial score (nSPS) is 19.5. The number of pyridine rings is 1. The van der Waals surface area contributed by atoms with Gasteiger partial charge >= 0.3 is 0 Å². The fourth-order valence-corrected chi connectivity index (χ4v) is 9.66. The van der Waals surface area contributed by atoms with Gasteiger partial charge in [0.1, 0.15) is 24.2 Å². The van der Waals surface area contributed by atoms with Crippen LogP contribution in [0.15, 0.2) is 72.3 Å². The molecule has 0 spiro atoms. The highest BCUT2D eigenvalue weighted by atomic mass is 19.3. The molecule has 7 heterocycles. The third-order valence-corrected chi connectivity index (χ3v) is 13.1. The Morgan fingerprint density at radius 3 is 2.53 bits per heavy atom. The van der Waals surface area contributed by atoms with Gasteiger partial charge in [0.15, 0.2) is 0 Å². The van der Waals surface area contributed by atoms with Crippen LogP contribution in [0.4, 0.5) is 14.5 Å². The smallest absolute Gasteiger partial charge is 0.264 e. The zero-order valence-electron chi connectivity index (χ0n) is 36.0. The molecule has 2 saturated heterocycles. The van der Waals surface area contributed by atoms with Gasteiger partial charge in [0, 0.05) is 117 Å². The van der Waals surface area contributed by atoms with Gasteiger partial charge in [-0.05, 0) is 79.1 Å². The molecule has 2 aromatic heterocycles. The van der Waals surface area contributed by atoms with Gasteiger partial charge < -0.3 is 24.8 Å². The van der Waals surface area contributed by atoms with Gasteiger partial charge in [0.2, 0.25) is 17.7 Å². The molecule has 1 unspecified atom stereocenters. The third kappa shape index (κ3) is 8.72. The van der Waals surface area contributed by atoms with Crippen LogP contribution in [-0.2, 0) is 47.5 Å². The van der Waals surface area contributed by atoms with E-state index in [-0.39, 0.29) is 61.3 Å². The average molecular weight is 875 g/mol. The van der Waals surface area contributed by atoms with Gasteiger partial charge in [-0.3, -0.25) is 44.5 Å². The molecule has 4 aromatic rings. The Balaban J connectivity index is 0.818. The number of nitrogens with one attached hydrogen (secondary N) is 3.